The van der Waals surface area contributed by atoms with E-state index in [2.05, 4.69) is 28.4 Å². The van der Waals surface area contributed by atoms with Crippen LogP contribution in [0.2, 0.25) is 0 Å². The van der Waals surface area contributed by atoms with Crippen molar-refractivity contribution in [2.24, 2.45) is 0 Å². The minimum absolute atomic E-state index is 0.0243. The first-order chi connectivity index (χ1) is 12.1. The Morgan fingerprint density at radius 1 is 1.16 bits per heavy atom. The van der Waals surface area contributed by atoms with E-state index in [1.54, 1.807) is 0 Å². The van der Waals surface area contributed by atoms with Crippen molar-refractivity contribution in [2.75, 3.05) is 45.2 Å². The summed E-state index contributed by atoms with van der Waals surface area (Å²) in [6.45, 7) is 2.47. The highest BCUT2D eigenvalue weighted by atomic mass is 16.2. The van der Waals surface area contributed by atoms with Gasteiger partial charge in [-0.1, -0.05) is 12.1 Å². The number of amides is 3. The van der Waals surface area contributed by atoms with E-state index in [0.717, 1.165) is 56.6 Å². The fourth-order valence-corrected chi connectivity index (χ4v) is 3.70. The standard InChI is InChI=1S/C19H28N4O2/c1-21(2)16-8-5-7-15(13-16)17-9-6-12-23(17)19(25)20-14-18(24)22-10-3-4-11-22/h5,7-8,13,17H,3-4,6,9-12,14H2,1-2H3,(H,20,25)/t17-/m0/s1. The molecule has 0 aliphatic carbocycles. The van der Waals surface area contributed by atoms with E-state index < -0.39 is 0 Å². The molecule has 25 heavy (non-hydrogen) atoms. The van der Waals surface area contributed by atoms with E-state index >= 15 is 0 Å². The van der Waals surface area contributed by atoms with Gasteiger partial charge in [-0.25, -0.2) is 4.79 Å². The quantitative estimate of drug-likeness (QED) is 0.911. The average molecular weight is 344 g/mol. The van der Waals surface area contributed by atoms with Gasteiger partial charge in [-0.05, 0) is 43.4 Å². The van der Waals surface area contributed by atoms with Crippen LogP contribution in [0.4, 0.5) is 10.5 Å². The molecule has 0 spiro atoms. The second-order valence-electron chi connectivity index (χ2n) is 7.09. The van der Waals surface area contributed by atoms with Gasteiger partial charge >= 0.3 is 6.03 Å². The normalized spacial score (nSPS) is 20.0. The molecular weight excluding hydrogens is 316 g/mol. The van der Waals surface area contributed by atoms with Gasteiger partial charge in [0.2, 0.25) is 5.91 Å². The maximum absolute atomic E-state index is 12.6. The van der Waals surface area contributed by atoms with E-state index in [0.29, 0.717) is 0 Å². The molecule has 6 heteroatoms. The van der Waals surface area contributed by atoms with Crippen LogP contribution in [0.1, 0.15) is 37.3 Å². The summed E-state index contributed by atoms with van der Waals surface area (Å²) in [5.41, 5.74) is 2.29. The van der Waals surface area contributed by atoms with Crippen molar-refractivity contribution < 1.29 is 9.59 Å². The van der Waals surface area contributed by atoms with Crippen molar-refractivity contribution in [3.8, 4) is 0 Å². The Kier molecular flexibility index (Phi) is 5.46. The van der Waals surface area contributed by atoms with Crippen LogP contribution in [-0.2, 0) is 4.79 Å². The Labute approximate surface area is 149 Å². The smallest absolute Gasteiger partial charge is 0.318 e. The first kappa shape index (κ1) is 17.6. The first-order valence-corrected chi connectivity index (χ1v) is 9.16. The maximum Gasteiger partial charge on any atom is 0.318 e. The Morgan fingerprint density at radius 2 is 1.92 bits per heavy atom. The highest BCUT2D eigenvalue weighted by molar-refractivity contribution is 5.84. The van der Waals surface area contributed by atoms with Crippen molar-refractivity contribution in [1.82, 2.24) is 15.1 Å². The largest absolute Gasteiger partial charge is 0.378 e. The van der Waals surface area contributed by atoms with Crippen LogP contribution >= 0.6 is 0 Å². The van der Waals surface area contributed by atoms with Crippen molar-refractivity contribution in [2.45, 2.75) is 31.7 Å². The second-order valence-corrected chi connectivity index (χ2v) is 7.09. The lowest BCUT2D eigenvalue weighted by molar-refractivity contribution is -0.129. The lowest BCUT2D eigenvalue weighted by atomic mass is 10.0. The van der Waals surface area contributed by atoms with Gasteiger partial charge in [0.1, 0.15) is 0 Å². The number of carbonyl (C=O) groups excluding carboxylic acids is 2. The number of nitrogens with one attached hydrogen (secondary N) is 1. The van der Waals surface area contributed by atoms with E-state index in [-0.39, 0.29) is 24.5 Å². The van der Waals surface area contributed by atoms with Crippen LogP contribution in [0.3, 0.4) is 0 Å². The number of likely N-dealkylation sites (tertiary alicyclic amines) is 2. The number of urea groups is 1. The molecule has 2 saturated heterocycles. The van der Waals surface area contributed by atoms with Gasteiger partial charge in [-0.3, -0.25) is 4.79 Å². The summed E-state index contributed by atoms with van der Waals surface area (Å²) in [5.74, 6) is 0.0243. The van der Waals surface area contributed by atoms with E-state index in [4.69, 9.17) is 0 Å². The van der Waals surface area contributed by atoms with Crippen LogP contribution in [0, 0.1) is 0 Å². The Morgan fingerprint density at radius 3 is 2.64 bits per heavy atom. The van der Waals surface area contributed by atoms with Crippen LogP contribution < -0.4 is 10.2 Å². The molecule has 0 aromatic heterocycles. The molecule has 1 aromatic rings. The Bertz CT molecular complexity index is 626. The maximum atomic E-state index is 12.6. The van der Waals surface area contributed by atoms with E-state index in [1.165, 1.54) is 0 Å². The molecule has 0 radical (unpaired) electrons. The molecule has 2 aliphatic heterocycles. The number of anilines is 1. The van der Waals surface area contributed by atoms with Gasteiger partial charge in [-0.2, -0.15) is 0 Å². The zero-order chi connectivity index (χ0) is 17.8. The molecule has 136 valence electrons. The number of hydrogen-bond donors (Lipinski definition) is 1. The highest BCUT2D eigenvalue weighted by Gasteiger charge is 2.30. The number of carbonyl (C=O) groups is 2. The van der Waals surface area contributed by atoms with Gasteiger partial charge < -0.3 is 20.0 Å². The van der Waals surface area contributed by atoms with E-state index in [9.17, 15) is 9.59 Å². The van der Waals surface area contributed by atoms with Crippen LogP contribution in [0.5, 0.6) is 0 Å². The summed E-state index contributed by atoms with van der Waals surface area (Å²) in [5, 5.41) is 2.82. The topological polar surface area (TPSA) is 55.9 Å². The number of benzene rings is 1. The molecule has 2 fully saturated rings. The molecule has 0 bridgehead atoms. The molecule has 0 unspecified atom stereocenters. The van der Waals surface area contributed by atoms with Crippen molar-refractivity contribution in [3.63, 3.8) is 0 Å². The SMILES string of the molecule is CN(C)c1cccc([C@@H]2CCCN2C(=O)NCC(=O)N2CCCC2)c1. The molecule has 3 rings (SSSR count). The fraction of sp³-hybridized carbons (Fsp3) is 0.579. The number of hydrogen-bond acceptors (Lipinski definition) is 3. The average Bonchev–Trinajstić information content (AvgIpc) is 3.30. The minimum atomic E-state index is -0.134. The van der Waals surface area contributed by atoms with Crippen LogP contribution in [0.15, 0.2) is 24.3 Å². The molecule has 3 amide bonds. The summed E-state index contributed by atoms with van der Waals surface area (Å²) in [6.07, 6.45) is 4.08. The van der Waals surface area contributed by atoms with Gasteiger partial charge in [0.15, 0.2) is 0 Å². The minimum Gasteiger partial charge on any atom is -0.378 e. The molecule has 1 aromatic carbocycles. The summed E-state index contributed by atoms with van der Waals surface area (Å²) in [6, 6.07) is 8.28. The molecule has 0 saturated carbocycles. The van der Waals surface area contributed by atoms with E-state index in [1.807, 2.05) is 30.0 Å². The Balaban J connectivity index is 1.61. The fourth-order valence-electron chi connectivity index (χ4n) is 3.70. The third-order valence-electron chi connectivity index (χ3n) is 5.13. The predicted molar refractivity (Wildman–Crippen MR) is 98.7 cm³/mol. The van der Waals surface area contributed by atoms with Gasteiger partial charge in [0.05, 0.1) is 12.6 Å². The van der Waals surface area contributed by atoms with Crippen molar-refractivity contribution in [1.29, 1.82) is 0 Å². The van der Waals surface area contributed by atoms with Crippen molar-refractivity contribution >= 4 is 17.6 Å². The molecule has 2 heterocycles. The second kappa shape index (κ2) is 7.76. The highest BCUT2D eigenvalue weighted by Crippen LogP contribution is 2.33. The van der Waals surface area contributed by atoms with Crippen molar-refractivity contribution in [3.05, 3.63) is 29.8 Å². The summed E-state index contributed by atoms with van der Waals surface area (Å²) in [7, 11) is 4.03. The predicted octanol–water partition coefficient (Wildman–Crippen LogP) is 2.22. The lowest BCUT2D eigenvalue weighted by Crippen LogP contribution is -2.44. The number of nitrogens with zero attached hydrogens (tertiary/aromatic N) is 3. The Hall–Kier alpha value is -2.24. The molecule has 6 nitrogen and oxygen atoms in total. The summed E-state index contributed by atoms with van der Waals surface area (Å²) in [4.78, 5) is 30.5. The third-order valence-corrected chi connectivity index (χ3v) is 5.13. The first-order valence-electron chi connectivity index (χ1n) is 9.16. The molecule has 1 atom stereocenters. The lowest BCUT2D eigenvalue weighted by Gasteiger charge is -2.26. The van der Waals surface area contributed by atoms with Gasteiger partial charge in [-0.15, -0.1) is 0 Å². The van der Waals surface area contributed by atoms with Gasteiger partial charge in [0.25, 0.3) is 0 Å². The summed E-state index contributed by atoms with van der Waals surface area (Å²) >= 11 is 0. The number of rotatable bonds is 4. The molecule has 1 N–H and O–H groups in total. The third kappa shape index (κ3) is 4.06. The molecule has 2 aliphatic rings. The van der Waals surface area contributed by atoms with Gasteiger partial charge in [0, 0.05) is 39.4 Å². The summed E-state index contributed by atoms with van der Waals surface area (Å²) < 4.78 is 0. The zero-order valence-electron chi connectivity index (χ0n) is 15.2. The van der Waals surface area contributed by atoms with Crippen LogP contribution in [0.25, 0.3) is 0 Å². The molecular formula is C19H28N4O2. The zero-order valence-corrected chi connectivity index (χ0v) is 15.2. The van der Waals surface area contributed by atoms with Crippen LogP contribution in [-0.4, -0.2) is 62.0 Å². The monoisotopic (exact) mass is 344 g/mol.